The molecule has 2 rings (SSSR count). The van der Waals surface area contributed by atoms with Gasteiger partial charge >= 0.3 is 0 Å². The quantitative estimate of drug-likeness (QED) is 0.430. The summed E-state index contributed by atoms with van der Waals surface area (Å²) in [6.07, 6.45) is 5.11. The summed E-state index contributed by atoms with van der Waals surface area (Å²) in [4.78, 5) is 15.2. The maximum Gasteiger partial charge on any atom is 0.243 e. The van der Waals surface area contributed by atoms with E-state index in [1.165, 1.54) is 6.42 Å². The minimum atomic E-state index is 0.136. The minimum Gasteiger partial charge on any atom is -0.396 e. The van der Waals surface area contributed by atoms with E-state index in [1.54, 1.807) is 0 Å². The summed E-state index contributed by atoms with van der Waals surface area (Å²) in [6.45, 7) is 4.11. The van der Waals surface area contributed by atoms with Gasteiger partial charge in [-0.3, -0.25) is 5.43 Å². The van der Waals surface area contributed by atoms with Crippen molar-refractivity contribution in [3.8, 4) is 0 Å². The van der Waals surface area contributed by atoms with Gasteiger partial charge in [0, 0.05) is 25.7 Å². The molecule has 5 N–H and O–H groups in total. The van der Waals surface area contributed by atoms with Crippen LogP contribution < -0.4 is 21.5 Å². The summed E-state index contributed by atoms with van der Waals surface area (Å²) in [5.41, 5.74) is 2.49. The van der Waals surface area contributed by atoms with Crippen LogP contribution in [0.4, 0.5) is 17.8 Å². The highest BCUT2D eigenvalue weighted by atomic mass is 16.3. The number of rotatable bonds is 7. The Morgan fingerprint density at radius 2 is 1.90 bits per heavy atom. The average molecular weight is 295 g/mol. The number of nitrogens with one attached hydrogen (secondary N) is 2. The number of aromatic nitrogens is 3. The predicted molar refractivity (Wildman–Crippen MR) is 83.1 cm³/mol. The second kappa shape index (κ2) is 7.94. The molecule has 2 heterocycles. The number of anilines is 3. The van der Waals surface area contributed by atoms with Gasteiger partial charge in [0.25, 0.3) is 0 Å². The number of hydrogen-bond donors (Lipinski definition) is 4. The van der Waals surface area contributed by atoms with Crippen LogP contribution in [0.5, 0.6) is 0 Å². The SMILES string of the molecule is CCC(CCO)Nc1nc(NN)nc(N2CCCCC2)n1. The Kier molecular flexibility index (Phi) is 5.94. The molecule has 0 aromatic carbocycles. The third-order valence-corrected chi connectivity index (χ3v) is 3.70. The Bertz CT molecular complexity index is 437. The Morgan fingerprint density at radius 3 is 2.52 bits per heavy atom. The van der Waals surface area contributed by atoms with Crippen LogP contribution in [0.25, 0.3) is 0 Å². The lowest BCUT2D eigenvalue weighted by Gasteiger charge is -2.27. The molecule has 0 spiro atoms. The van der Waals surface area contributed by atoms with Crippen LogP contribution >= 0.6 is 0 Å². The molecule has 0 saturated carbocycles. The molecule has 1 fully saturated rings. The van der Waals surface area contributed by atoms with E-state index in [0.29, 0.717) is 24.3 Å². The zero-order chi connectivity index (χ0) is 15.1. The monoisotopic (exact) mass is 295 g/mol. The third-order valence-electron chi connectivity index (χ3n) is 3.70. The Morgan fingerprint density at radius 1 is 1.19 bits per heavy atom. The number of nitrogens with two attached hydrogens (primary N) is 1. The minimum absolute atomic E-state index is 0.136. The highest BCUT2D eigenvalue weighted by Crippen LogP contribution is 2.19. The fourth-order valence-electron chi connectivity index (χ4n) is 2.45. The first kappa shape index (κ1) is 15.7. The van der Waals surface area contributed by atoms with Crippen molar-refractivity contribution in [3.05, 3.63) is 0 Å². The number of aliphatic hydroxyl groups excluding tert-OH is 1. The van der Waals surface area contributed by atoms with Crippen LogP contribution in [0.1, 0.15) is 39.0 Å². The molecule has 1 aromatic rings. The van der Waals surface area contributed by atoms with Crippen LogP contribution in [-0.4, -0.2) is 45.8 Å². The van der Waals surface area contributed by atoms with Crippen LogP contribution in [0, 0.1) is 0 Å². The lowest BCUT2D eigenvalue weighted by molar-refractivity contribution is 0.278. The second-order valence-corrected chi connectivity index (χ2v) is 5.24. The van der Waals surface area contributed by atoms with E-state index in [4.69, 9.17) is 10.9 Å². The Balaban J connectivity index is 2.16. The van der Waals surface area contributed by atoms with E-state index in [2.05, 4.69) is 37.5 Å². The third kappa shape index (κ3) is 4.40. The van der Waals surface area contributed by atoms with Gasteiger partial charge in [0.1, 0.15) is 0 Å². The van der Waals surface area contributed by atoms with Crippen molar-refractivity contribution in [1.82, 2.24) is 15.0 Å². The standard InChI is InChI=1S/C13H25N7O/c1-2-10(6-9-21)15-11-16-12(19-14)18-13(17-11)20-7-4-3-5-8-20/h10,21H,2-9,14H2,1H3,(H2,15,16,17,18,19). The molecule has 1 aromatic heterocycles. The normalized spacial score (nSPS) is 16.6. The molecule has 8 nitrogen and oxygen atoms in total. The van der Waals surface area contributed by atoms with Crippen LogP contribution in [0.15, 0.2) is 0 Å². The molecule has 8 heteroatoms. The number of nitrogen functional groups attached to an aromatic ring is 1. The maximum absolute atomic E-state index is 9.07. The molecule has 1 aliphatic heterocycles. The van der Waals surface area contributed by atoms with Gasteiger partial charge in [0.05, 0.1) is 0 Å². The molecule has 1 unspecified atom stereocenters. The van der Waals surface area contributed by atoms with Crippen molar-refractivity contribution in [2.45, 2.75) is 45.1 Å². The fraction of sp³-hybridized carbons (Fsp3) is 0.769. The van der Waals surface area contributed by atoms with E-state index in [1.807, 2.05) is 0 Å². The molecule has 1 aliphatic rings. The van der Waals surface area contributed by atoms with Crippen molar-refractivity contribution in [2.24, 2.45) is 5.84 Å². The second-order valence-electron chi connectivity index (χ2n) is 5.24. The van der Waals surface area contributed by atoms with Gasteiger partial charge in [0.2, 0.25) is 17.8 Å². The van der Waals surface area contributed by atoms with E-state index >= 15 is 0 Å². The summed E-state index contributed by atoms with van der Waals surface area (Å²) < 4.78 is 0. The number of aliphatic hydroxyl groups is 1. The zero-order valence-electron chi connectivity index (χ0n) is 12.5. The first-order valence-electron chi connectivity index (χ1n) is 7.61. The summed E-state index contributed by atoms with van der Waals surface area (Å²) in [7, 11) is 0. The number of piperidine rings is 1. The highest BCUT2D eigenvalue weighted by molar-refractivity contribution is 5.43. The average Bonchev–Trinajstić information content (AvgIpc) is 2.55. The lowest BCUT2D eigenvalue weighted by Crippen LogP contribution is -2.32. The van der Waals surface area contributed by atoms with Crippen LogP contribution in [0.3, 0.4) is 0 Å². The molecule has 0 aliphatic carbocycles. The predicted octanol–water partition coefficient (Wildman–Crippen LogP) is 0.720. The molecule has 21 heavy (non-hydrogen) atoms. The van der Waals surface area contributed by atoms with E-state index in [-0.39, 0.29) is 12.6 Å². The maximum atomic E-state index is 9.07. The summed E-state index contributed by atoms with van der Waals surface area (Å²) in [5.74, 6) is 6.95. The fourth-order valence-corrected chi connectivity index (χ4v) is 2.45. The molecular weight excluding hydrogens is 270 g/mol. The van der Waals surface area contributed by atoms with Crippen molar-refractivity contribution >= 4 is 17.8 Å². The van der Waals surface area contributed by atoms with Gasteiger partial charge in [-0.25, -0.2) is 5.84 Å². The lowest BCUT2D eigenvalue weighted by atomic mass is 10.1. The van der Waals surface area contributed by atoms with E-state index in [9.17, 15) is 0 Å². The molecule has 0 amide bonds. The Labute approximate surface area is 125 Å². The Hall–Kier alpha value is -1.67. The molecule has 1 atom stereocenters. The van der Waals surface area contributed by atoms with Gasteiger partial charge in [-0.1, -0.05) is 6.92 Å². The molecular formula is C13H25N7O. The van der Waals surface area contributed by atoms with Gasteiger partial charge in [0.15, 0.2) is 0 Å². The highest BCUT2D eigenvalue weighted by Gasteiger charge is 2.17. The van der Waals surface area contributed by atoms with E-state index in [0.717, 1.165) is 32.4 Å². The number of nitrogens with zero attached hydrogens (tertiary/aromatic N) is 4. The molecule has 1 saturated heterocycles. The molecule has 118 valence electrons. The van der Waals surface area contributed by atoms with Crippen molar-refractivity contribution in [1.29, 1.82) is 0 Å². The summed E-state index contributed by atoms with van der Waals surface area (Å²) in [5, 5.41) is 12.3. The van der Waals surface area contributed by atoms with Crippen molar-refractivity contribution < 1.29 is 5.11 Å². The summed E-state index contributed by atoms with van der Waals surface area (Å²) in [6, 6.07) is 0.136. The van der Waals surface area contributed by atoms with Crippen LogP contribution in [0.2, 0.25) is 0 Å². The molecule has 0 bridgehead atoms. The largest absolute Gasteiger partial charge is 0.396 e. The van der Waals surface area contributed by atoms with Crippen molar-refractivity contribution in [3.63, 3.8) is 0 Å². The van der Waals surface area contributed by atoms with Gasteiger partial charge in [-0.2, -0.15) is 15.0 Å². The first-order chi connectivity index (χ1) is 10.3. The van der Waals surface area contributed by atoms with E-state index < -0.39 is 0 Å². The first-order valence-corrected chi connectivity index (χ1v) is 7.61. The summed E-state index contributed by atoms with van der Waals surface area (Å²) >= 11 is 0. The van der Waals surface area contributed by atoms with Crippen molar-refractivity contribution in [2.75, 3.05) is 35.3 Å². The smallest absolute Gasteiger partial charge is 0.243 e. The van der Waals surface area contributed by atoms with Gasteiger partial charge < -0.3 is 15.3 Å². The molecule has 0 radical (unpaired) electrons. The van der Waals surface area contributed by atoms with Crippen LogP contribution in [-0.2, 0) is 0 Å². The van der Waals surface area contributed by atoms with Gasteiger partial charge in [-0.05, 0) is 32.1 Å². The zero-order valence-corrected chi connectivity index (χ0v) is 12.5. The number of hydrogen-bond acceptors (Lipinski definition) is 8. The number of hydrazine groups is 1. The van der Waals surface area contributed by atoms with Gasteiger partial charge in [-0.15, -0.1) is 0 Å². The topological polar surface area (TPSA) is 112 Å².